The standard InChI is InChI=1S/C6H6F2N2O4S/c7-5(8)2-1-10-6(15(9,13)14)4(12)3(2)11/h1,5,12H,(H,10,11)(H2,9,13,14). The maximum Gasteiger partial charge on any atom is 0.269 e. The average molecular weight is 240 g/mol. The average Bonchev–Trinajstić information content (AvgIpc) is 2.06. The summed E-state index contributed by atoms with van der Waals surface area (Å²) in [4.78, 5) is 12.8. The van der Waals surface area contributed by atoms with Gasteiger partial charge in [0, 0.05) is 6.20 Å². The Kier molecular flexibility index (Phi) is 2.77. The fourth-order valence-electron chi connectivity index (χ4n) is 0.896. The van der Waals surface area contributed by atoms with Crippen LogP contribution in [0, 0.1) is 0 Å². The summed E-state index contributed by atoms with van der Waals surface area (Å²) in [5.74, 6) is -1.34. The number of aromatic hydroxyl groups is 1. The molecule has 84 valence electrons. The van der Waals surface area contributed by atoms with Crippen LogP contribution in [0.1, 0.15) is 12.0 Å². The Labute approximate surface area is 82.4 Å². The summed E-state index contributed by atoms with van der Waals surface area (Å²) in [6.07, 6.45) is -2.62. The molecule has 0 atom stereocenters. The number of pyridine rings is 1. The molecule has 0 aromatic carbocycles. The van der Waals surface area contributed by atoms with Gasteiger partial charge in [-0.1, -0.05) is 0 Å². The summed E-state index contributed by atoms with van der Waals surface area (Å²) in [6, 6.07) is 0. The molecule has 1 rings (SSSR count). The molecule has 0 aliphatic carbocycles. The van der Waals surface area contributed by atoms with Gasteiger partial charge in [-0.15, -0.1) is 0 Å². The van der Waals surface area contributed by atoms with Gasteiger partial charge in [0.15, 0.2) is 5.03 Å². The number of H-pyrrole nitrogens is 1. The van der Waals surface area contributed by atoms with Crippen LogP contribution < -0.4 is 10.6 Å². The molecule has 1 heterocycles. The molecule has 0 radical (unpaired) electrons. The molecule has 0 aliphatic heterocycles. The van der Waals surface area contributed by atoms with Gasteiger partial charge in [-0.2, -0.15) is 0 Å². The largest absolute Gasteiger partial charge is 0.502 e. The minimum absolute atomic E-state index is 0.493. The number of nitrogens with one attached hydrogen (secondary N) is 1. The van der Waals surface area contributed by atoms with Gasteiger partial charge in [0.2, 0.25) is 11.2 Å². The van der Waals surface area contributed by atoms with Gasteiger partial charge >= 0.3 is 0 Å². The Balaban J connectivity index is 3.56. The second-order valence-corrected chi connectivity index (χ2v) is 4.09. The van der Waals surface area contributed by atoms with E-state index in [1.54, 1.807) is 0 Å². The van der Waals surface area contributed by atoms with E-state index >= 15 is 0 Å². The van der Waals surface area contributed by atoms with Gasteiger partial charge in [-0.3, -0.25) is 4.79 Å². The third-order valence-corrected chi connectivity index (χ3v) is 2.45. The summed E-state index contributed by atoms with van der Waals surface area (Å²) in [7, 11) is -4.35. The number of aromatic amines is 1. The Hall–Kier alpha value is -1.48. The molecule has 4 N–H and O–H groups in total. The number of sulfonamides is 1. The monoisotopic (exact) mass is 240 g/mol. The van der Waals surface area contributed by atoms with Crippen molar-refractivity contribution in [1.29, 1.82) is 0 Å². The van der Waals surface area contributed by atoms with E-state index in [2.05, 4.69) is 5.14 Å². The molecule has 0 aliphatic rings. The Morgan fingerprint density at radius 2 is 2.00 bits per heavy atom. The van der Waals surface area contributed by atoms with E-state index in [4.69, 9.17) is 5.11 Å². The van der Waals surface area contributed by atoms with Crippen LogP contribution in [0.3, 0.4) is 0 Å². The van der Waals surface area contributed by atoms with Gasteiger partial charge in [-0.25, -0.2) is 22.3 Å². The highest BCUT2D eigenvalue weighted by Gasteiger charge is 2.22. The summed E-state index contributed by atoms with van der Waals surface area (Å²) >= 11 is 0. The predicted molar refractivity (Wildman–Crippen MR) is 45.1 cm³/mol. The summed E-state index contributed by atoms with van der Waals surface area (Å²) < 4.78 is 45.7. The zero-order valence-corrected chi connectivity index (χ0v) is 7.88. The van der Waals surface area contributed by atoms with Gasteiger partial charge < -0.3 is 10.1 Å². The summed E-state index contributed by atoms with van der Waals surface area (Å²) in [5, 5.41) is 12.6. The van der Waals surface area contributed by atoms with E-state index in [9.17, 15) is 22.0 Å². The first-order valence-corrected chi connectivity index (χ1v) is 5.05. The lowest BCUT2D eigenvalue weighted by Crippen LogP contribution is -2.19. The second-order valence-electron chi connectivity index (χ2n) is 2.60. The second kappa shape index (κ2) is 3.59. The Morgan fingerprint density at radius 1 is 1.47 bits per heavy atom. The predicted octanol–water partition coefficient (Wildman–Crippen LogP) is -0.334. The van der Waals surface area contributed by atoms with Crippen molar-refractivity contribution in [1.82, 2.24) is 4.98 Å². The first-order chi connectivity index (χ1) is 6.75. The number of aromatic nitrogens is 1. The quantitative estimate of drug-likeness (QED) is 0.656. The van der Waals surface area contributed by atoms with Crippen molar-refractivity contribution in [2.24, 2.45) is 5.14 Å². The van der Waals surface area contributed by atoms with Crippen molar-refractivity contribution in [3.63, 3.8) is 0 Å². The molecule has 6 nitrogen and oxygen atoms in total. The van der Waals surface area contributed by atoms with Crippen LogP contribution in [0.4, 0.5) is 8.78 Å². The third kappa shape index (κ3) is 2.13. The van der Waals surface area contributed by atoms with Crippen molar-refractivity contribution in [3.05, 3.63) is 22.0 Å². The summed E-state index contributed by atoms with van der Waals surface area (Å²) in [6.45, 7) is 0. The molecule has 9 heteroatoms. The number of primary sulfonamides is 1. The van der Waals surface area contributed by atoms with Crippen molar-refractivity contribution in [2.75, 3.05) is 0 Å². The lowest BCUT2D eigenvalue weighted by Gasteiger charge is -2.03. The number of nitrogens with two attached hydrogens (primary N) is 1. The number of hydrogen-bond acceptors (Lipinski definition) is 4. The molecule has 0 amide bonds. The summed E-state index contributed by atoms with van der Waals surface area (Å²) in [5.41, 5.74) is -2.49. The Bertz CT molecular complexity index is 537. The van der Waals surface area contributed by atoms with Crippen LogP contribution in [0.2, 0.25) is 0 Å². The molecule has 0 fully saturated rings. The van der Waals surface area contributed by atoms with Gasteiger partial charge in [0.05, 0.1) is 5.56 Å². The first-order valence-electron chi connectivity index (χ1n) is 3.50. The van der Waals surface area contributed by atoms with Crippen LogP contribution >= 0.6 is 0 Å². The zero-order valence-electron chi connectivity index (χ0n) is 7.07. The topological polar surface area (TPSA) is 113 Å². The van der Waals surface area contributed by atoms with E-state index < -0.39 is 38.2 Å². The molecule has 0 unspecified atom stereocenters. The molecule has 15 heavy (non-hydrogen) atoms. The minimum Gasteiger partial charge on any atom is -0.502 e. The Morgan fingerprint density at radius 3 is 2.40 bits per heavy atom. The van der Waals surface area contributed by atoms with E-state index in [-0.39, 0.29) is 0 Å². The van der Waals surface area contributed by atoms with Gasteiger partial charge in [-0.05, 0) is 0 Å². The highest BCUT2D eigenvalue weighted by atomic mass is 32.2. The van der Waals surface area contributed by atoms with Crippen LogP contribution in [0.15, 0.2) is 16.0 Å². The molecule has 0 bridgehead atoms. The zero-order chi connectivity index (χ0) is 11.8. The first kappa shape index (κ1) is 11.6. The van der Waals surface area contributed by atoms with Crippen LogP contribution in [-0.4, -0.2) is 18.5 Å². The molecule has 1 aromatic rings. The van der Waals surface area contributed by atoms with E-state index in [1.807, 2.05) is 4.98 Å². The lowest BCUT2D eigenvalue weighted by molar-refractivity contribution is 0.149. The molecule has 0 spiro atoms. The molecule has 0 saturated heterocycles. The van der Waals surface area contributed by atoms with Crippen LogP contribution in [-0.2, 0) is 10.0 Å². The lowest BCUT2D eigenvalue weighted by atomic mass is 10.3. The van der Waals surface area contributed by atoms with Gasteiger partial charge in [0.1, 0.15) is 0 Å². The molecule has 0 saturated carbocycles. The van der Waals surface area contributed by atoms with Crippen LogP contribution in [0.25, 0.3) is 0 Å². The van der Waals surface area contributed by atoms with Crippen molar-refractivity contribution >= 4 is 10.0 Å². The fourth-order valence-corrected chi connectivity index (χ4v) is 1.48. The third-order valence-electron chi connectivity index (χ3n) is 1.57. The van der Waals surface area contributed by atoms with E-state index in [1.165, 1.54) is 0 Å². The number of halogens is 2. The molecular weight excluding hydrogens is 234 g/mol. The highest BCUT2D eigenvalue weighted by molar-refractivity contribution is 7.89. The number of alkyl halides is 2. The SMILES string of the molecule is NS(=O)(=O)c1[nH]cc(C(F)F)c(=O)c1O. The van der Waals surface area contributed by atoms with Crippen molar-refractivity contribution < 1.29 is 22.3 Å². The minimum atomic E-state index is -4.35. The normalized spacial score (nSPS) is 12.0. The highest BCUT2D eigenvalue weighted by Crippen LogP contribution is 2.19. The molecule has 1 aromatic heterocycles. The van der Waals surface area contributed by atoms with Gasteiger partial charge in [0.25, 0.3) is 16.4 Å². The smallest absolute Gasteiger partial charge is 0.269 e. The van der Waals surface area contributed by atoms with E-state index in [0.29, 0.717) is 6.20 Å². The van der Waals surface area contributed by atoms with Crippen LogP contribution in [0.5, 0.6) is 5.75 Å². The van der Waals surface area contributed by atoms with E-state index in [0.717, 1.165) is 0 Å². The van der Waals surface area contributed by atoms with Crippen molar-refractivity contribution in [3.8, 4) is 5.75 Å². The van der Waals surface area contributed by atoms with Crippen molar-refractivity contribution in [2.45, 2.75) is 11.5 Å². The molecular formula is C6H6F2N2O4S. The maximum atomic E-state index is 12.1. The number of rotatable bonds is 2. The fraction of sp³-hybridized carbons (Fsp3) is 0.167. The number of hydrogen-bond donors (Lipinski definition) is 3. The maximum absolute atomic E-state index is 12.1.